The number of fused-ring (bicyclic) bond motifs is 1. The first kappa shape index (κ1) is 17.8. The van der Waals surface area contributed by atoms with Crippen molar-refractivity contribution < 1.29 is 14.7 Å². The SMILES string of the molecule is COCCCC(c1cc2ccccc2[nH]1)n1cc(C=CC(=O)NO)nn1. The number of H-pyrrole nitrogens is 1. The topological polar surface area (TPSA) is 105 Å². The summed E-state index contributed by atoms with van der Waals surface area (Å²) in [4.78, 5) is 14.5. The highest BCUT2D eigenvalue weighted by molar-refractivity contribution is 5.90. The van der Waals surface area contributed by atoms with E-state index in [0.717, 1.165) is 29.4 Å². The van der Waals surface area contributed by atoms with E-state index in [0.29, 0.717) is 12.3 Å². The lowest BCUT2D eigenvalue weighted by Crippen LogP contribution is -2.14. The molecule has 26 heavy (non-hydrogen) atoms. The Bertz CT molecular complexity index is 866. The molecule has 0 aliphatic heterocycles. The summed E-state index contributed by atoms with van der Waals surface area (Å²) >= 11 is 0. The van der Waals surface area contributed by atoms with Crippen LogP contribution < -0.4 is 5.48 Å². The molecule has 0 saturated heterocycles. The van der Waals surface area contributed by atoms with Gasteiger partial charge >= 0.3 is 0 Å². The van der Waals surface area contributed by atoms with E-state index in [2.05, 4.69) is 27.4 Å². The zero-order chi connectivity index (χ0) is 18.4. The Morgan fingerprint density at radius 1 is 1.46 bits per heavy atom. The number of carbonyl (C=O) groups excluding carboxylic acids is 1. The number of hydrogen-bond donors (Lipinski definition) is 3. The average Bonchev–Trinajstić information content (AvgIpc) is 3.30. The minimum atomic E-state index is -0.619. The Balaban J connectivity index is 1.87. The van der Waals surface area contributed by atoms with Gasteiger partial charge in [0.15, 0.2) is 0 Å². The van der Waals surface area contributed by atoms with Crippen molar-refractivity contribution in [1.29, 1.82) is 0 Å². The lowest BCUT2D eigenvalue weighted by atomic mass is 10.1. The minimum absolute atomic E-state index is 0.0288. The molecule has 0 aliphatic carbocycles. The van der Waals surface area contributed by atoms with Crippen LogP contribution in [0.2, 0.25) is 0 Å². The number of hydrogen-bond acceptors (Lipinski definition) is 5. The molecule has 0 spiro atoms. The first-order valence-electron chi connectivity index (χ1n) is 8.32. The van der Waals surface area contributed by atoms with Crippen molar-refractivity contribution in [2.24, 2.45) is 0 Å². The van der Waals surface area contributed by atoms with Crippen molar-refractivity contribution in [3.05, 3.63) is 54.0 Å². The quantitative estimate of drug-likeness (QED) is 0.249. The van der Waals surface area contributed by atoms with Gasteiger partial charge in [0.05, 0.1) is 12.2 Å². The summed E-state index contributed by atoms with van der Waals surface area (Å²) in [5.74, 6) is -0.619. The fraction of sp³-hybridized carbons (Fsp3) is 0.278. The molecule has 0 radical (unpaired) electrons. The number of para-hydroxylation sites is 1. The molecular formula is C18H21N5O3. The highest BCUT2D eigenvalue weighted by Crippen LogP contribution is 2.26. The van der Waals surface area contributed by atoms with Crippen molar-refractivity contribution >= 4 is 22.9 Å². The van der Waals surface area contributed by atoms with Crippen molar-refractivity contribution in [3.8, 4) is 0 Å². The Morgan fingerprint density at radius 3 is 3.08 bits per heavy atom. The van der Waals surface area contributed by atoms with E-state index in [1.807, 2.05) is 18.2 Å². The maximum Gasteiger partial charge on any atom is 0.267 e. The number of benzene rings is 1. The largest absolute Gasteiger partial charge is 0.385 e. The average molecular weight is 355 g/mol. The second-order valence-electron chi connectivity index (χ2n) is 5.90. The van der Waals surface area contributed by atoms with E-state index in [-0.39, 0.29) is 6.04 Å². The molecule has 0 aliphatic rings. The van der Waals surface area contributed by atoms with Crippen molar-refractivity contribution in [2.45, 2.75) is 18.9 Å². The highest BCUT2D eigenvalue weighted by Gasteiger charge is 2.17. The number of carbonyl (C=O) groups is 1. The molecule has 1 unspecified atom stereocenters. The van der Waals surface area contributed by atoms with E-state index in [9.17, 15) is 4.79 Å². The molecule has 2 heterocycles. The Hall–Kier alpha value is -2.97. The lowest BCUT2D eigenvalue weighted by Gasteiger charge is -2.15. The van der Waals surface area contributed by atoms with Gasteiger partial charge in [-0.25, -0.2) is 10.2 Å². The monoisotopic (exact) mass is 355 g/mol. The normalized spacial score (nSPS) is 12.7. The second kappa shape index (κ2) is 8.41. The molecule has 0 fully saturated rings. The van der Waals surface area contributed by atoms with Gasteiger partial charge in [-0.05, 0) is 36.4 Å². The predicted molar refractivity (Wildman–Crippen MR) is 96.5 cm³/mol. The maximum absolute atomic E-state index is 11.1. The Labute approximate surface area is 150 Å². The maximum atomic E-state index is 11.1. The van der Waals surface area contributed by atoms with Crippen LogP contribution in [0.3, 0.4) is 0 Å². The predicted octanol–water partition coefficient (Wildman–Crippen LogP) is 2.29. The fourth-order valence-electron chi connectivity index (χ4n) is 2.84. The summed E-state index contributed by atoms with van der Waals surface area (Å²) in [6.45, 7) is 0.662. The van der Waals surface area contributed by atoms with Crippen LogP contribution in [0.1, 0.15) is 30.3 Å². The third-order valence-corrected chi connectivity index (χ3v) is 4.10. The minimum Gasteiger partial charge on any atom is -0.385 e. The molecule has 3 rings (SSSR count). The molecule has 8 heteroatoms. The number of nitrogens with one attached hydrogen (secondary N) is 2. The van der Waals surface area contributed by atoms with Crippen molar-refractivity contribution in [2.75, 3.05) is 13.7 Å². The van der Waals surface area contributed by atoms with E-state index in [1.165, 1.54) is 12.2 Å². The molecule has 8 nitrogen and oxygen atoms in total. The molecule has 1 amide bonds. The summed E-state index contributed by atoms with van der Waals surface area (Å²) < 4.78 is 6.95. The van der Waals surface area contributed by atoms with E-state index >= 15 is 0 Å². The van der Waals surface area contributed by atoms with Crippen LogP contribution in [0.25, 0.3) is 17.0 Å². The highest BCUT2D eigenvalue weighted by atomic mass is 16.5. The van der Waals surface area contributed by atoms with Gasteiger partial charge in [-0.1, -0.05) is 23.4 Å². The standard InChI is InChI=1S/C18H21N5O3/c1-26-10-4-7-17(16-11-13-5-2-3-6-15(13)19-16)23-12-14(20-22-23)8-9-18(24)21-25/h2-3,5-6,8-9,11-12,17,19,25H,4,7,10H2,1H3,(H,21,24). The zero-order valence-corrected chi connectivity index (χ0v) is 14.4. The van der Waals surface area contributed by atoms with Crippen LogP contribution in [0.15, 0.2) is 42.6 Å². The number of ether oxygens (including phenoxy) is 1. The van der Waals surface area contributed by atoms with Crippen LogP contribution in [-0.4, -0.2) is 44.8 Å². The molecule has 3 aromatic rings. The molecule has 2 aromatic heterocycles. The number of amides is 1. The molecule has 1 aromatic carbocycles. The van der Waals surface area contributed by atoms with E-state index in [1.54, 1.807) is 23.5 Å². The molecular weight excluding hydrogens is 334 g/mol. The lowest BCUT2D eigenvalue weighted by molar-refractivity contribution is -0.124. The number of rotatable bonds is 8. The molecule has 0 saturated carbocycles. The smallest absolute Gasteiger partial charge is 0.267 e. The molecule has 3 N–H and O–H groups in total. The first-order chi connectivity index (χ1) is 12.7. The molecule has 1 atom stereocenters. The summed E-state index contributed by atoms with van der Waals surface area (Å²) in [5.41, 5.74) is 4.18. The van der Waals surface area contributed by atoms with Gasteiger partial charge in [-0.3, -0.25) is 10.0 Å². The van der Waals surface area contributed by atoms with Gasteiger partial charge in [0.2, 0.25) is 0 Å². The molecule has 0 bridgehead atoms. The molecule has 136 valence electrons. The number of nitrogens with zero attached hydrogens (tertiary/aromatic N) is 3. The number of aromatic nitrogens is 4. The van der Waals surface area contributed by atoms with Gasteiger partial charge < -0.3 is 9.72 Å². The number of methoxy groups -OCH3 is 1. The number of hydroxylamine groups is 1. The van der Waals surface area contributed by atoms with Gasteiger partial charge in [0.1, 0.15) is 5.69 Å². The van der Waals surface area contributed by atoms with Crippen molar-refractivity contribution in [1.82, 2.24) is 25.5 Å². The van der Waals surface area contributed by atoms with Crippen LogP contribution in [0.4, 0.5) is 0 Å². The van der Waals surface area contributed by atoms with Crippen molar-refractivity contribution in [3.63, 3.8) is 0 Å². The van der Waals surface area contributed by atoms with Crippen LogP contribution in [0, 0.1) is 0 Å². The van der Waals surface area contributed by atoms with Gasteiger partial charge in [0.25, 0.3) is 5.91 Å². The van der Waals surface area contributed by atoms with Crippen LogP contribution >= 0.6 is 0 Å². The summed E-state index contributed by atoms with van der Waals surface area (Å²) in [6, 6.07) is 10.2. The second-order valence-corrected chi connectivity index (χ2v) is 5.90. The van der Waals surface area contributed by atoms with Crippen LogP contribution in [-0.2, 0) is 9.53 Å². The van der Waals surface area contributed by atoms with E-state index in [4.69, 9.17) is 9.94 Å². The first-order valence-corrected chi connectivity index (χ1v) is 8.32. The summed E-state index contributed by atoms with van der Waals surface area (Å²) in [5, 5.41) is 18.0. The Kier molecular flexibility index (Phi) is 5.77. The van der Waals surface area contributed by atoms with Gasteiger partial charge in [0, 0.05) is 31.0 Å². The zero-order valence-electron chi connectivity index (χ0n) is 14.4. The fourth-order valence-corrected chi connectivity index (χ4v) is 2.84. The Morgan fingerprint density at radius 2 is 2.31 bits per heavy atom. The van der Waals surface area contributed by atoms with Gasteiger partial charge in [-0.15, -0.1) is 5.10 Å². The summed E-state index contributed by atoms with van der Waals surface area (Å²) in [6.07, 6.45) is 6.15. The van der Waals surface area contributed by atoms with E-state index < -0.39 is 5.91 Å². The van der Waals surface area contributed by atoms with Gasteiger partial charge in [-0.2, -0.15) is 0 Å². The summed E-state index contributed by atoms with van der Waals surface area (Å²) in [7, 11) is 1.68. The third kappa shape index (κ3) is 4.16. The third-order valence-electron chi connectivity index (χ3n) is 4.10. The van der Waals surface area contributed by atoms with Crippen LogP contribution in [0.5, 0.6) is 0 Å². The number of aromatic amines is 1.